The van der Waals surface area contributed by atoms with Crippen LogP contribution in [0.1, 0.15) is 40.4 Å². The number of carbonyl (C=O) groups excluding carboxylic acids is 1. The summed E-state index contributed by atoms with van der Waals surface area (Å²) < 4.78 is 14.1. The number of carbonyl (C=O) groups is 1. The van der Waals surface area contributed by atoms with Crippen molar-refractivity contribution in [2.75, 3.05) is 25.0 Å². The molecule has 4 rings (SSSR count). The number of anilines is 1. The van der Waals surface area contributed by atoms with Gasteiger partial charge in [0.2, 0.25) is 5.95 Å². The summed E-state index contributed by atoms with van der Waals surface area (Å²) in [6, 6.07) is 1.07. The van der Waals surface area contributed by atoms with Crippen LogP contribution in [0.15, 0.2) is 18.5 Å². The van der Waals surface area contributed by atoms with Crippen molar-refractivity contribution >= 4 is 33.5 Å². The van der Waals surface area contributed by atoms with E-state index in [0.29, 0.717) is 34.7 Å². The summed E-state index contributed by atoms with van der Waals surface area (Å²) in [6.45, 7) is 4.85. The summed E-state index contributed by atoms with van der Waals surface area (Å²) in [5.41, 5.74) is 1.39. The zero-order valence-electron chi connectivity index (χ0n) is 16.1. The summed E-state index contributed by atoms with van der Waals surface area (Å²) in [6.07, 6.45) is 3.48. The Morgan fingerprint density at radius 3 is 2.97 bits per heavy atom. The van der Waals surface area contributed by atoms with Gasteiger partial charge in [0.05, 0.1) is 17.2 Å². The molecule has 1 fully saturated rings. The van der Waals surface area contributed by atoms with Crippen molar-refractivity contribution < 1.29 is 14.3 Å². The fourth-order valence-electron chi connectivity index (χ4n) is 3.40. The van der Waals surface area contributed by atoms with Crippen molar-refractivity contribution in [3.8, 4) is 0 Å². The Balaban J connectivity index is 1.66. The summed E-state index contributed by atoms with van der Waals surface area (Å²) in [5, 5.41) is 13.3. The Hall–Kier alpha value is -2.72. The van der Waals surface area contributed by atoms with E-state index < -0.39 is 5.82 Å². The number of aryl methyl sites for hydroxylation is 1. The maximum absolute atomic E-state index is 13.5. The largest absolute Gasteiger partial charge is 0.396 e. The van der Waals surface area contributed by atoms with Gasteiger partial charge in [-0.25, -0.2) is 14.4 Å². The standard InChI is InChI=1S/C19H21FN6O2S/c1-10(13-5-14(20)7-21-6-13)22-19-24-15(16-17(25-19)23-11(2)29-16)18(28)26-4-3-12(8-26)9-27/h5-7,10,12,27H,3-4,8-9H2,1-2H3,(H,22,24,25)/t10-,12+/m0/s1. The molecular weight excluding hydrogens is 395 g/mol. The summed E-state index contributed by atoms with van der Waals surface area (Å²) in [4.78, 5) is 32.0. The van der Waals surface area contributed by atoms with Crippen LogP contribution in [-0.2, 0) is 0 Å². The first kappa shape index (κ1) is 19.6. The third kappa shape index (κ3) is 4.03. The van der Waals surface area contributed by atoms with Crippen LogP contribution in [0.5, 0.6) is 0 Å². The zero-order chi connectivity index (χ0) is 20.5. The average Bonchev–Trinajstić information content (AvgIpc) is 3.32. The van der Waals surface area contributed by atoms with Gasteiger partial charge in [0.25, 0.3) is 5.91 Å². The number of amides is 1. The van der Waals surface area contributed by atoms with Crippen molar-refractivity contribution in [3.63, 3.8) is 0 Å². The number of thiazole rings is 1. The number of pyridine rings is 1. The predicted molar refractivity (Wildman–Crippen MR) is 107 cm³/mol. The van der Waals surface area contributed by atoms with Crippen LogP contribution < -0.4 is 5.32 Å². The number of aliphatic hydroxyl groups excluding tert-OH is 1. The highest BCUT2D eigenvalue weighted by Crippen LogP contribution is 2.28. The first-order chi connectivity index (χ1) is 13.9. The third-order valence-corrected chi connectivity index (χ3v) is 5.93. The number of nitrogens with one attached hydrogen (secondary N) is 1. The molecule has 3 aromatic heterocycles. The molecular formula is C19H21FN6O2S. The van der Waals surface area contributed by atoms with Gasteiger partial charge < -0.3 is 15.3 Å². The molecule has 152 valence electrons. The van der Waals surface area contributed by atoms with E-state index >= 15 is 0 Å². The Kier molecular flexibility index (Phi) is 5.37. The molecule has 1 aliphatic heterocycles. The maximum atomic E-state index is 13.5. The van der Waals surface area contributed by atoms with Crippen molar-refractivity contribution in [2.45, 2.75) is 26.3 Å². The number of halogens is 1. The van der Waals surface area contributed by atoms with E-state index in [4.69, 9.17) is 0 Å². The molecule has 4 heterocycles. The fourth-order valence-corrected chi connectivity index (χ4v) is 4.24. The lowest BCUT2D eigenvalue weighted by atomic mass is 10.1. The highest BCUT2D eigenvalue weighted by Gasteiger charge is 2.29. The second-order valence-corrected chi connectivity index (χ2v) is 8.38. The van der Waals surface area contributed by atoms with Gasteiger partial charge in [0, 0.05) is 31.8 Å². The quantitative estimate of drug-likeness (QED) is 0.659. The topological polar surface area (TPSA) is 104 Å². The fraction of sp³-hybridized carbons (Fsp3) is 0.421. The zero-order valence-corrected chi connectivity index (χ0v) is 16.9. The molecule has 0 aromatic carbocycles. The number of hydrogen-bond donors (Lipinski definition) is 2. The van der Waals surface area contributed by atoms with Gasteiger partial charge in [-0.2, -0.15) is 4.98 Å². The molecule has 0 bridgehead atoms. The normalized spacial score (nSPS) is 17.7. The minimum absolute atomic E-state index is 0.0641. The van der Waals surface area contributed by atoms with Gasteiger partial charge in [0.15, 0.2) is 11.3 Å². The molecule has 1 aliphatic rings. The van der Waals surface area contributed by atoms with Crippen molar-refractivity contribution in [1.29, 1.82) is 0 Å². The maximum Gasteiger partial charge on any atom is 0.274 e. The second-order valence-electron chi connectivity index (χ2n) is 7.17. The number of rotatable bonds is 5. The van der Waals surface area contributed by atoms with Crippen LogP contribution in [0.25, 0.3) is 10.3 Å². The number of aliphatic hydroxyl groups is 1. The number of fused-ring (bicyclic) bond motifs is 1. The molecule has 2 atom stereocenters. The van der Waals surface area contributed by atoms with Crippen molar-refractivity contribution in [1.82, 2.24) is 24.8 Å². The molecule has 0 aliphatic carbocycles. The van der Waals surface area contributed by atoms with Gasteiger partial charge >= 0.3 is 0 Å². The van der Waals surface area contributed by atoms with Gasteiger partial charge in [0.1, 0.15) is 10.5 Å². The SMILES string of the molecule is Cc1nc2nc(N[C@@H](C)c3cncc(F)c3)nc(C(=O)N3CC[C@@H](CO)C3)c2s1. The van der Waals surface area contributed by atoms with Crippen molar-refractivity contribution in [2.24, 2.45) is 5.92 Å². The Bertz CT molecular complexity index is 1060. The van der Waals surface area contributed by atoms with Crippen LogP contribution in [-0.4, -0.2) is 55.5 Å². The van der Waals surface area contributed by atoms with Crippen LogP contribution >= 0.6 is 11.3 Å². The van der Waals surface area contributed by atoms with Crippen LogP contribution in [0.4, 0.5) is 10.3 Å². The highest BCUT2D eigenvalue weighted by molar-refractivity contribution is 7.18. The van der Waals surface area contributed by atoms with Crippen LogP contribution in [0.2, 0.25) is 0 Å². The molecule has 0 spiro atoms. The molecule has 0 unspecified atom stereocenters. The van der Waals surface area contributed by atoms with Gasteiger partial charge in [-0.15, -0.1) is 11.3 Å². The Morgan fingerprint density at radius 1 is 1.41 bits per heavy atom. The Morgan fingerprint density at radius 2 is 2.24 bits per heavy atom. The molecule has 1 amide bonds. The van der Waals surface area contributed by atoms with Gasteiger partial charge in [-0.1, -0.05) is 0 Å². The average molecular weight is 416 g/mol. The third-order valence-electron chi connectivity index (χ3n) is 4.97. The first-order valence-corrected chi connectivity index (χ1v) is 10.2. The molecule has 3 aromatic rings. The van der Waals surface area contributed by atoms with E-state index in [9.17, 15) is 14.3 Å². The molecule has 1 saturated heterocycles. The molecule has 0 radical (unpaired) electrons. The lowest BCUT2D eigenvalue weighted by Crippen LogP contribution is -2.30. The van der Waals surface area contributed by atoms with Gasteiger partial charge in [-0.05, 0) is 31.9 Å². The number of aromatic nitrogens is 4. The summed E-state index contributed by atoms with van der Waals surface area (Å²) in [5.74, 6) is -0.274. The monoisotopic (exact) mass is 416 g/mol. The highest BCUT2D eigenvalue weighted by atomic mass is 32.1. The van der Waals surface area contributed by atoms with E-state index in [-0.39, 0.29) is 30.4 Å². The number of likely N-dealkylation sites (tertiary alicyclic amines) is 1. The molecule has 10 heteroatoms. The van der Waals surface area contributed by atoms with E-state index in [1.807, 2.05) is 13.8 Å². The van der Waals surface area contributed by atoms with Crippen LogP contribution in [0, 0.1) is 18.7 Å². The van der Waals surface area contributed by atoms with Gasteiger partial charge in [-0.3, -0.25) is 9.78 Å². The Labute approximate surface area is 170 Å². The predicted octanol–water partition coefficient (Wildman–Crippen LogP) is 2.56. The van der Waals surface area contributed by atoms with E-state index in [1.165, 1.54) is 17.4 Å². The van der Waals surface area contributed by atoms with E-state index in [2.05, 4.69) is 25.3 Å². The smallest absolute Gasteiger partial charge is 0.274 e. The number of hydrogen-bond acceptors (Lipinski definition) is 8. The lowest BCUT2D eigenvalue weighted by molar-refractivity contribution is 0.0778. The first-order valence-electron chi connectivity index (χ1n) is 9.37. The van der Waals surface area contributed by atoms with Crippen molar-refractivity contribution in [3.05, 3.63) is 40.5 Å². The minimum Gasteiger partial charge on any atom is -0.396 e. The number of nitrogens with zero attached hydrogens (tertiary/aromatic N) is 5. The minimum atomic E-state index is -0.425. The van der Waals surface area contributed by atoms with E-state index in [0.717, 1.165) is 17.6 Å². The molecule has 0 saturated carbocycles. The molecule has 8 nitrogen and oxygen atoms in total. The second kappa shape index (κ2) is 7.96. The molecule has 2 N–H and O–H groups in total. The molecule has 29 heavy (non-hydrogen) atoms. The summed E-state index contributed by atoms with van der Waals surface area (Å²) >= 11 is 1.38. The lowest BCUT2D eigenvalue weighted by Gasteiger charge is -2.18. The van der Waals surface area contributed by atoms with Crippen LogP contribution in [0.3, 0.4) is 0 Å². The van der Waals surface area contributed by atoms with E-state index in [1.54, 1.807) is 11.1 Å². The summed E-state index contributed by atoms with van der Waals surface area (Å²) in [7, 11) is 0.